The monoisotopic (exact) mass is 367 g/mol. The Morgan fingerprint density at radius 3 is 2.74 bits per heavy atom. The van der Waals surface area contributed by atoms with E-state index in [1.54, 1.807) is 18.7 Å². The Kier molecular flexibility index (Phi) is 3.27. The van der Waals surface area contributed by atoms with Gasteiger partial charge in [0.1, 0.15) is 17.4 Å². The van der Waals surface area contributed by atoms with E-state index in [0.29, 0.717) is 0 Å². The van der Waals surface area contributed by atoms with E-state index in [2.05, 4.69) is 57.2 Å². The van der Waals surface area contributed by atoms with Gasteiger partial charge >= 0.3 is 0 Å². The minimum atomic E-state index is 0.775. The maximum Gasteiger partial charge on any atom is 0.164 e. The molecule has 5 nitrogen and oxygen atoms in total. The second-order valence-electron chi connectivity index (χ2n) is 5.50. The highest BCUT2D eigenvalue weighted by atomic mass is 79.9. The number of fused-ring (bicyclic) bond motifs is 3. The van der Waals surface area contributed by atoms with Crippen LogP contribution in [0.5, 0.6) is 0 Å². The molecule has 0 spiro atoms. The predicted molar refractivity (Wildman–Crippen MR) is 95.2 cm³/mol. The minimum Gasteiger partial charge on any atom is -0.338 e. The number of hydrogen-bond donors (Lipinski definition) is 1. The number of nitrogens with zero attached hydrogens (tertiary/aromatic N) is 4. The van der Waals surface area contributed by atoms with Gasteiger partial charge in [-0.15, -0.1) is 0 Å². The van der Waals surface area contributed by atoms with Crippen molar-refractivity contribution in [1.82, 2.24) is 19.4 Å². The molecule has 0 amide bonds. The molecule has 3 aromatic heterocycles. The fourth-order valence-corrected chi connectivity index (χ4v) is 3.48. The standard InChI is InChI=1S/C17H14BrN5/c1-10-6-12(18)7-11(2)15(10)22-16-14-8-19-9-23(14)17-13(21-16)4-3-5-20-17/h3-9H,1-2H3,(H,21,22). The summed E-state index contributed by atoms with van der Waals surface area (Å²) in [6, 6.07) is 8.02. The van der Waals surface area contributed by atoms with Gasteiger partial charge in [-0.2, -0.15) is 0 Å². The molecule has 0 atom stereocenters. The molecule has 0 unspecified atom stereocenters. The van der Waals surface area contributed by atoms with E-state index in [0.717, 1.165) is 43.8 Å². The van der Waals surface area contributed by atoms with Crippen molar-refractivity contribution in [3.05, 3.63) is 58.6 Å². The Balaban J connectivity index is 1.93. The average Bonchev–Trinajstić information content (AvgIpc) is 3.00. The Hall–Kier alpha value is -2.47. The number of halogens is 1. The fourth-order valence-electron chi connectivity index (χ4n) is 2.80. The molecular formula is C17H14BrN5. The third-order valence-corrected chi connectivity index (χ3v) is 4.31. The zero-order chi connectivity index (χ0) is 16.0. The topological polar surface area (TPSA) is 55.1 Å². The SMILES string of the molecule is Cc1cc(Br)cc(C)c1Nc1nc2cccnc2n2cncc12. The van der Waals surface area contributed by atoms with E-state index >= 15 is 0 Å². The summed E-state index contributed by atoms with van der Waals surface area (Å²) in [5.41, 5.74) is 5.90. The van der Waals surface area contributed by atoms with Gasteiger partial charge in [-0.25, -0.2) is 15.0 Å². The molecular weight excluding hydrogens is 354 g/mol. The molecule has 4 rings (SSSR count). The van der Waals surface area contributed by atoms with Crippen molar-refractivity contribution in [2.75, 3.05) is 5.32 Å². The summed E-state index contributed by atoms with van der Waals surface area (Å²) >= 11 is 3.53. The van der Waals surface area contributed by atoms with Crippen molar-refractivity contribution in [3.63, 3.8) is 0 Å². The Morgan fingerprint density at radius 2 is 1.96 bits per heavy atom. The number of hydrogen-bond acceptors (Lipinski definition) is 4. The highest BCUT2D eigenvalue weighted by Crippen LogP contribution is 2.30. The van der Waals surface area contributed by atoms with Crippen molar-refractivity contribution in [2.24, 2.45) is 0 Å². The Bertz CT molecular complexity index is 1010. The van der Waals surface area contributed by atoms with Crippen molar-refractivity contribution in [3.8, 4) is 0 Å². The van der Waals surface area contributed by atoms with Crippen molar-refractivity contribution in [1.29, 1.82) is 0 Å². The lowest BCUT2D eigenvalue weighted by Crippen LogP contribution is -2.02. The summed E-state index contributed by atoms with van der Waals surface area (Å²) in [6.45, 7) is 4.16. The van der Waals surface area contributed by atoms with Crippen LogP contribution in [-0.4, -0.2) is 19.4 Å². The van der Waals surface area contributed by atoms with Crippen LogP contribution >= 0.6 is 15.9 Å². The number of aromatic nitrogens is 4. The summed E-state index contributed by atoms with van der Waals surface area (Å²) < 4.78 is 3.02. The predicted octanol–water partition coefficient (Wildman–Crippen LogP) is 4.40. The van der Waals surface area contributed by atoms with E-state index in [9.17, 15) is 0 Å². The van der Waals surface area contributed by atoms with Crippen molar-refractivity contribution < 1.29 is 0 Å². The molecule has 0 aliphatic heterocycles. The molecule has 0 aliphatic rings. The molecule has 114 valence electrons. The van der Waals surface area contributed by atoms with E-state index in [1.165, 1.54) is 0 Å². The van der Waals surface area contributed by atoms with E-state index in [1.807, 2.05) is 16.5 Å². The molecule has 0 aliphatic carbocycles. The van der Waals surface area contributed by atoms with Crippen LogP contribution in [0.1, 0.15) is 11.1 Å². The highest BCUT2D eigenvalue weighted by Gasteiger charge is 2.12. The largest absolute Gasteiger partial charge is 0.338 e. The Morgan fingerprint density at radius 1 is 1.17 bits per heavy atom. The second-order valence-corrected chi connectivity index (χ2v) is 6.41. The van der Waals surface area contributed by atoms with Crippen LogP contribution in [0, 0.1) is 13.8 Å². The average molecular weight is 368 g/mol. The third-order valence-electron chi connectivity index (χ3n) is 3.85. The molecule has 0 saturated heterocycles. The zero-order valence-electron chi connectivity index (χ0n) is 12.7. The van der Waals surface area contributed by atoms with Crippen LogP contribution in [0.25, 0.3) is 16.7 Å². The molecule has 0 bridgehead atoms. The molecule has 4 aromatic rings. The first-order valence-electron chi connectivity index (χ1n) is 7.24. The number of imidazole rings is 1. The lowest BCUT2D eigenvalue weighted by atomic mass is 10.1. The first-order chi connectivity index (χ1) is 11.1. The van der Waals surface area contributed by atoms with Crippen LogP contribution in [0.15, 0.2) is 47.5 Å². The van der Waals surface area contributed by atoms with Crippen molar-refractivity contribution >= 4 is 44.1 Å². The number of benzene rings is 1. The Labute approximate surface area is 141 Å². The summed E-state index contributed by atoms with van der Waals surface area (Å²) in [5.74, 6) is 0.775. The number of aryl methyl sites for hydroxylation is 2. The number of anilines is 2. The smallest absolute Gasteiger partial charge is 0.164 e. The number of rotatable bonds is 2. The van der Waals surface area contributed by atoms with E-state index in [-0.39, 0.29) is 0 Å². The fraction of sp³-hybridized carbons (Fsp3) is 0.118. The second kappa shape index (κ2) is 5.31. The first-order valence-corrected chi connectivity index (χ1v) is 8.03. The summed E-state index contributed by atoms with van der Waals surface area (Å²) in [7, 11) is 0. The van der Waals surface area contributed by atoms with Gasteiger partial charge in [0.2, 0.25) is 0 Å². The lowest BCUT2D eigenvalue weighted by Gasteiger charge is -2.14. The number of pyridine rings is 1. The van der Waals surface area contributed by atoms with Crippen LogP contribution in [0.4, 0.5) is 11.5 Å². The third kappa shape index (κ3) is 2.35. The van der Waals surface area contributed by atoms with Gasteiger partial charge in [-0.05, 0) is 49.2 Å². The van der Waals surface area contributed by atoms with E-state index < -0.39 is 0 Å². The van der Waals surface area contributed by atoms with Gasteiger partial charge in [0.05, 0.1) is 6.20 Å². The summed E-state index contributed by atoms with van der Waals surface area (Å²) in [4.78, 5) is 13.4. The lowest BCUT2D eigenvalue weighted by molar-refractivity contribution is 1.14. The molecule has 6 heteroatoms. The maximum absolute atomic E-state index is 4.73. The molecule has 0 radical (unpaired) electrons. The molecule has 23 heavy (non-hydrogen) atoms. The van der Waals surface area contributed by atoms with Crippen molar-refractivity contribution in [2.45, 2.75) is 13.8 Å². The van der Waals surface area contributed by atoms with E-state index in [4.69, 9.17) is 4.98 Å². The normalized spacial score (nSPS) is 11.3. The molecule has 0 saturated carbocycles. The zero-order valence-corrected chi connectivity index (χ0v) is 14.3. The molecule has 0 fully saturated rings. The van der Waals surface area contributed by atoms with Gasteiger partial charge in [0.25, 0.3) is 0 Å². The molecule has 1 aromatic carbocycles. The first kappa shape index (κ1) is 14.1. The summed E-state index contributed by atoms with van der Waals surface area (Å²) in [6.07, 6.45) is 5.32. The summed E-state index contributed by atoms with van der Waals surface area (Å²) in [5, 5.41) is 3.47. The molecule has 3 heterocycles. The highest BCUT2D eigenvalue weighted by molar-refractivity contribution is 9.10. The van der Waals surface area contributed by atoms with Crippen LogP contribution < -0.4 is 5.32 Å². The van der Waals surface area contributed by atoms with Gasteiger partial charge in [-0.1, -0.05) is 15.9 Å². The van der Waals surface area contributed by atoms with Gasteiger partial charge < -0.3 is 5.32 Å². The van der Waals surface area contributed by atoms with Gasteiger partial charge in [0, 0.05) is 16.4 Å². The quantitative estimate of drug-likeness (QED) is 0.570. The maximum atomic E-state index is 4.73. The number of nitrogens with one attached hydrogen (secondary N) is 1. The van der Waals surface area contributed by atoms with Crippen LogP contribution in [0.2, 0.25) is 0 Å². The van der Waals surface area contributed by atoms with Crippen LogP contribution in [-0.2, 0) is 0 Å². The van der Waals surface area contributed by atoms with Gasteiger partial charge in [-0.3, -0.25) is 4.40 Å². The minimum absolute atomic E-state index is 0.775. The molecule has 1 N–H and O–H groups in total. The van der Waals surface area contributed by atoms with Gasteiger partial charge in [0.15, 0.2) is 11.5 Å². The van der Waals surface area contributed by atoms with Crippen LogP contribution in [0.3, 0.4) is 0 Å².